The molecule has 0 radical (unpaired) electrons. The summed E-state index contributed by atoms with van der Waals surface area (Å²) in [5.74, 6) is 0.306. The maximum absolute atomic E-state index is 13.5. The van der Waals surface area contributed by atoms with Crippen LogP contribution in [0.2, 0.25) is 5.02 Å². The number of rotatable bonds is 7. The van der Waals surface area contributed by atoms with Crippen molar-refractivity contribution in [1.82, 2.24) is 19.3 Å². The highest BCUT2D eigenvalue weighted by Crippen LogP contribution is 2.27. The van der Waals surface area contributed by atoms with Crippen molar-refractivity contribution in [2.75, 3.05) is 12.4 Å². The van der Waals surface area contributed by atoms with Crippen LogP contribution in [0.3, 0.4) is 0 Å². The number of anilines is 1. The number of halogens is 1. The van der Waals surface area contributed by atoms with Crippen molar-refractivity contribution in [3.05, 3.63) is 105 Å². The van der Waals surface area contributed by atoms with Gasteiger partial charge in [0.2, 0.25) is 17.6 Å². The van der Waals surface area contributed by atoms with E-state index >= 15 is 0 Å². The van der Waals surface area contributed by atoms with Crippen LogP contribution in [0.15, 0.2) is 86.9 Å². The Morgan fingerprint density at radius 2 is 1.78 bits per heavy atom. The second-order valence-electron chi connectivity index (χ2n) is 8.05. The lowest BCUT2D eigenvalue weighted by molar-refractivity contribution is -0.116. The quantitative estimate of drug-likeness (QED) is 0.350. The van der Waals surface area contributed by atoms with Gasteiger partial charge in [-0.05, 0) is 30.3 Å². The van der Waals surface area contributed by atoms with Crippen molar-refractivity contribution in [1.29, 1.82) is 0 Å². The molecule has 0 saturated heterocycles. The largest absolute Gasteiger partial charge is 0.495 e. The average Bonchev–Trinajstić information content (AvgIpc) is 3.38. The molecule has 5 rings (SSSR count). The van der Waals surface area contributed by atoms with Crippen molar-refractivity contribution >= 4 is 34.1 Å². The number of hydrogen-bond acceptors (Lipinski definition) is 7. The molecule has 2 aromatic heterocycles. The van der Waals surface area contributed by atoms with Crippen LogP contribution >= 0.6 is 11.6 Å². The van der Waals surface area contributed by atoms with E-state index in [-0.39, 0.29) is 24.4 Å². The number of amides is 1. The number of ether oxygens (including phenoxy) is 1. The SMILES string of the molecule is COc1ccc(Cl)cc1NC(=O)Cn1c(=O)n(Cc2nc(-c3ccccc3)no2)c(=O)c2ccccc21. The minimum atomic E-state index is -0.698. The first kappa shape index (κ1) is 24.0. The lowest BCUT2D eigenvalue weighted by Crippen LogP contribution is -2.42. The van der Waals surface area contributed by atoms with E-state index in [1.165, 1.54) is 11.7 Å². The van der Waals surface area contributed by atoms with Crippen LogP contribution in [0.25, 0.3) is 22.3 Å². The first-order valence-corrected chi connectivity index (χ1v) is 11.6. The summed E-state index contributed by atoms with van der Waals surface area (Å²) in [6.07, 6.45) is 0. The van der Waals surface area contributed by atoms with Crippen molar-refractivity contribution in [3.63, 3.8) is 0 Å². The highest BCUT2D eigenvalue weighted by atomic mass is 35.5. The van der Waals surface area contributed by atoms with Gasteiger partial charge in [0.25, 0.3) is 5.56 Å². The second kappa shape index (κ2) is 10.1. The molecule has 0 atom stereocenters. The minimum absolute atomic E-state index is 0.0769. The first-order chi connectivity index (χ1) is 17.9. The number of para-hydroxylation sites is 1. The molecule has 2 heterocycles. The Morgan fingerprint density at radius 1 is 1.03 bits per heavy atom. The molecule has 3 aromatic carbocycles. The fourth-order valence-corrected chi connectivity index (χ4v) is 4.11. The minimum Gasteiger partial charge on any atom is -0.495 e. The number of hydrogen-bond donors (Lipinski definition) is 1. The lowest BCUT2D eigenvalue weighted by atomic mass is 10.2. The zero-order valence-corrected chi connectivity index (χ0v) is 20.3. The summed E-state index contributed by atoms with van der Waals surface area (Å²) in [6, 6.07) is 20.5. The van der Waals surface area contributed by atoms with Gasteiger partial charge >= 0.3 is 5.69 Å². The van der Waals surface area contributed by atoms with E-state index in [2.05, 4.69) is 15.5 Å². The van der Waals surface area contributed by atoms with Crippen LogP contribution in [0.1, 0.15) is 5.89 Å². The van der Waals surface area contributed by atoms with Gasteiger partial charge in [-0.15, -0.1) is 0 Å². The Hall–Kier alpha value is -4.70. The predicted octanol–water partition coefficient (Wildman–Crippen LogP) is 3.56. The molecule has 37 heavy (non-hydrogen) atoms. The third-order valence-corrected chi connectivity index (χ3v) is 5.90. The third-order valence-electron chi connectivity index (χ3n) is 5.66. The topological polar surface area (TPSA) is 121 Å². The van der Waals surface area contributed by atoms with Crippen LogP contribution in [-0.2, 0) is 17.9 Å². The molecule has 0 saturated carbocycles. The molecular formula is C26H20ClN5O5. The zero-order valence-electron chi connectivity index (χ0n) is 19.6. The third kappa shape index (κ3) is 4.87. The standard InChI is InChI=1S/C26H20ClN5O5/c1-36-21-12-11-17(27)13-19(21)28-22(33)14-31-20-10-6-5-9-18(20)25(34)32(26(31)35)15-23-29-24(30-37-23)16-7-3-2-4-8-16/h2-13H,14-15H2,1H3,(H,28,33). The van der Waals surface area contributed by atoms with Crippen molar-refractivity contribution < 1.29 is 14.1 Å². The van der Waals surface area contributed by atoms with Crippen LogP contribution in [0, 0.1) is 0 Å². The van der Waals surface area contributed by atoms with E-state index in [4.69, 9.17) is 20.9 Å². The molecule has 5 aromatic rings. The Morgan fingerprint density at radius 3 is 2.57 bits per heavy atom. The van der Waals surface area contributed by atoms with E-state index < -0.39 is 17.2 Å². The smallest absolute Gasteiger partial charge is 0.332 e. The van der Waals surface area contributed by atoms with Gasteiger partial charge in [-0.2, -0.15) is 4.98 Å². The lowest BCUT2D eigenvalue weighted by Gasteiger charge is -2.14. The zero-order chi connectivity index (χ0) is 25.9. The van der Waals surface area contributed by atoms with Crippen LogP contribution in [0.4, 0.5) is 5.69 Å². The van der Waals surface area contributed by atoms with Crippen LogP contribution in [-0.4, -0.2) is 32.3 Å². The van der Waals surface area contributed by atoms with Gasteiger partial charge in [0.15, 0.2) is 0 Å². The highest BCUT2D eigenvalue weighted by Gasteiger charge is 2.19. The number of carbonyl (C=O) groups is 1. The normalized spacial score (nSPS) is 11.0. The summed E-state index contributed by atoms with van der Waals surface area (Å²) in [5.41, 5.74) is 0.168. The number of carbonyl (C=O) groups excluding carboxylic acids is 1. The maximum Gasteiger partial charge on any atom is 0.332 e. The fraction of sp³-hybridized carbons (Fsp3) is 0.115. The molecule has 0 aliphatic heterocycles. The van der Waals surface area contributed by atoms with Crippen LogP contribution in [0.5, 0.6) is 5.75 Å². The first-order valence-electron chi connectivity index (χ1n) is 11.2. The molecule has 0 aliphatic carbocycles. The van der Waals surface area contributed by atoms with Gasteiger partial charge in [-0.1, -0.05) is 59.2 Å². The number of nitrogens with one attached hydrogen (secondary N) is 1. The summed E-state index contributed by atoms with van der Waals surface area (Å²) in [4.78, 5) is 44.0. The number of nitrogens with zero attached hydrogens (tertiary/aromatic N) is 4. The molecular weight excluding hydrogens is 498 g/mol. The summed E-state index contributed by atoms with van der Waals surface area (Å²) >= 11 is 6.06. The highest BCUT2D eigenvalue weighted by molar-refractivity contribution is 6.31. The Kier molecular flexibility index (Phi) is 6.57. The Balaban J connectivity index is 1.51. The molecule has 0 aliphatic rings. The summed E-state index contributed by atoms with van der Waals surface area (Å²) in [6.45, 7) is -0.625. The van der Waals surface area contributed by atoms with Gasteiger partial charge < -0.3 is 14.6 Å². The number of fused-ring (bicyclic) bond motifs is 1. The summed E-state index contributed by atoms with van der Waals surface area (Å²) in [5, 5.41) is 7.33. The van der Waals surface area contributed by atoms with E-state index in [1.54, 1.807) is 42.5 Å². The molecule has 10 nitrogen and oxygen atoms in total. The number of benzene rings is 3. The average molecular weight is 518 g/mol. The maximum atomic E-state index is 13.5. The van der Waals surface area contributed by atoms with E-state index in [0.29, 0.717) is 27.8 Å². The molecule has 0 bridgehead atoms. The van der Waals surface area contributed by atoms with Crippen molar-refractivity contribution in [2.45, 2.75) is 13.1 Å². The summed E-state index contributed by atoms with van der Waals surface area (Å²) < 4.78 is 12.8. The van der Waals surface area contributed by atoms with Gasteiger partial charge in [-0.3, -0.25) is 18.7 Å². The Bertz CT molecular complexity index is 1730. The summed E-state index contributed by atoms with van der Waals surface area (Å²) in [7, 11) is 1.47. The van der Waals surface area contributed by atoms with Crippen molar-refractivity contribution in [3.8, 4) is 17.1 Å². The van der Waals surface area contributed by atoms with Gasteiger partial charge in [0.05, 0.1) is 23.7 Å². The van der Waals surface area contributed by atoms with Gasteiger partial charge in [-0.25, -0.2) is 4.79 Å². The van der Waals surface area contributed by atoms with Gasteiger partial charge in [0, 0.05) is 10.6 Å². The monoisotopic (exact) mass is 517 g/mol. The van der Waals surface area contributed by atoms with E-state index in [0.717, 1.165) is 10.1 Å². The second-order valence-corrected chi connectivity index (χ2v) is 8.48. The molecule has 0 spiro atoms. The molecule has 1 amide bonds. The molecule has 0 fully saturated rings. The number of aromatic nitrogens is 4. The fourth-order valence-electron chi connectivity index (χ4n) is 3.93. The molecule has 11 heteroatoms. The molecule has 1 N–H and O–H groups in total. The number of methoxy groups -OCH3 is 1. The van der Waals surface area contributed by atoms with E-state index in [9.17, 15) is 14.4 Å². The van der Waals surface area contributed by atoms with E-state index in [1.807, 2.05) is 30.3 Å². The predicted molar refractivity (Wildman–Crippen MR) is 138 cm³/mol. The van der Waals surface area contributed by atoms with Crippen molar-refractivity contribution in [2.24, 2.45) is 0 Å². The molecule has 0 unspecified atom stereocenters. The molecule has 186 valence electrons. The Labute approximate surface area is 214 Å². The van der Waals surface area contributed by atoms with Crippen LogP contribution < -0.4 is 21.3 Å². The van der Waals surface area contributed by atoms with Gasteiger partial charge in [0.1, 0.15) is 18.8 Å².